The number of rotatable bonds is 6. The van der Waals surface area contributed by atoms with E-state index < -0.39 is 0 Å². The van der Waals surface area contributed by atoms with Crippen LogP contribution in [0.15, 0.2) is 0 Å². The smallest absolute Gasteiger partial charge is 0.223 e. The standard InChI is InChI=1S/C20H35N3O2.ClH/c21-14-20(11-3-4-12-20)23-19(25)16-7-9-17(10-8-16)22-18(24)13-15-5-1-2-6-15;/h15-17H,1-14,21H2,(H,22,24)(H,23,25);1H. The molecule has 3 aliphatic carbocycles. The normalized spacial score (nSPS) is 28.3. The molecule has 0 aromatic carbocycles. The number of halogens is 1. The van der Waals surface area contributed by atoms with Crippen molar-refractivity contribution in [2.75, 3.05) is 6.54 Å². The zero-order chi connectivity index (χ0) is 17.7. The molecule has 0 bridgehead atoms. The Morgan fingerprint density at radius 1 is 0.923 bits per heavy atom. The maximum Gasteiger partial charge on any atom is 0.223 e. The molecule has 26 heavy (non-hydrogen) atoms. The molecule has 3 rings (SSSR count). The van der Waals surface area contributed by atoms with E-state index in [0.29, 0.717) is 18.9 Å². The number of nitrogens with two attached hydrogens (primary N) is 1. The number of hydrogen-bond donors (Lipinski definition) is 3. The van der Waals surface area contributed by atoms with Gasteiger partial charge < -0.3 is 16.4 Å². The highest BCUT2D eigenvalue weighted by molar-refractivity contribution is 5.85. The van der Waals surface area contributed by atoms with Gasteiger partial charge in [-0.3, -0.25) is 9.59 Å². The van der Waals surface area contributed by atoms with Gasteiger partial charge in [-0.25, -0.2) is 0 Å². The molecule has 5 nitrogen and oxygen atoms in total. The average molecular weight is 386 g/mol. The fraction of sp³-hybridized carbons (Fsp3) is 0.900. The molecular weight excluding hydrogens is 350 g/mol. The van der Waals surface area contributed by atoms with Crippen LogP contribution in [-0.4, -0.2) is 29.9 Å². The van der Waals surface area contributed by atoms with Crippen LogP contribution in [0, 0.1) is 11.8 Å². The molecule has 3 saturated carbocycles. The van der Waals surface area contributed by atoms with Gasteiger partial charge in [0.25, 0.3) is 0 Å². The summed E-state index contributed by atoms with van der Waals surface area (Å²) in [6.07, 6.45) is 13.6. The average Bonchev–Trinajstić information content (AvgIpc) is 3.28. The van der Waals surface area contributed by atoms with Gasteiger partial charge in [0.15, 0.2) is 0 Å². The van der Waals surface area contributed by atoms with Gasteiger partial charge in [-0.2, -0.15) is 0 Å². The predicted octanol–water partition coefficient (Wildman–Crippen LogP) is 3.05. The maximum absolute atomic E-state index is 12.6. The molecule has 0 unspecified atom stereocenters. The van der Waals surface area contributed by atoms with Crippen LogP contribution in [0.5, 0.6) is 0 Å². The molecule has 0 spiro atoms. The Hall–Kier alpha value is -0.810. The van der Waals surface area contributed by atoms with Gasteiger partial charge in [-0.05, 0) is 57.3 Å². The van der Waals surface area contributed by atoms with Crippen molar-refractivity contribution in [1.29, 1.82) is 0 Å². The minimum absolute atomic E-state index is 0. The van der Waals surface area contributed by atoms with Gasteiger partial charge >= 0.3 is 0 Å². The summed E-state index contributed by atoms with van der Waals surface area (Å²) in [7, 11) is 0. The van der Waals surface area contributed by atoms with Crippen LogP contribution in [0.3, 0.4) is 0 Å². The Labute approximate surface area is 164 Å². The number of carbonyl (C=O) groups is 2. The van der Waals surface area contributed by atoms with Crippen molar-refractivity contribution in [2.45, 2.75) is 95.1 Å². The van der Waals surface area contributed by atoms with Crippen LogP contribution in [-0.2, 0) is 9.59 Å². The molecule has 3 fully saturated rings. The molecule has 0 aromatic heterocycles. The largest absolute Gasteiger partial charge is 0.353 e. The van der Waals surface area contributed by atoms with Gasteiger partial charge in [0.2, 0.25) is 11.8 Å². The Balaban J connectivity index is 0.00000243. The molecular formula is C20H36ClN3O2. The van der Waals surface area contributed by atoms with E-state index in [1.165, 1.54) is 25.7 Å². The summed E-state index contributed by atoms with van der Waals surface area (Å²) in [6.45, 7) is 0.547. The predicted molar refractivity (Wildman–Crippen MR) is 106 cm³/mol. The molecule has 0 atom stereocenters. The monoisotopic (exact) mass is 385 g/mol. The minimum Gasteiger partial charge on any atom is -0.353 e. The summed E-state index contributed by atoms with van der Waals surface area (Å²) >= 11 is 0. The van der Waals surface area contributed by atoms with E-state index in [4.69, 9.17) is 5.73 Å². The second kappa shape index (κ2) is 9.93. The van der Waals surface area contributed by atoms with E-state index >= 15 is 0 Å². The van der Waals surface area contributed by atoms with Gasteiger partial charge in [-0.1, -0.05) is 25.7 Å². The number of carbonyl (C=O) groups excluding carboxylic acids is 2. The molecule has 150 valence electrons. The quantitative estimate of drug-likeness (QED) is 0.656. The number of nitrogens with one attached hydrogen (secondary N) is 2. The van der Waals surface area contributed by atoms with E-state index in [-0.39, 0.29) is 41.7 Å². The second-order valence-electron chi connectivity index (χ2n) is 8.65. The highest BCUT2D eigenvalue weighted by Crippen LogP contribution is 2.31. The third-order valence-electron chi connectivity index (χ3n) is 6.75. The summed E-state index contributed by atoms with van der Waals surface area (Å²) in [6, 6.07) is 0.257. The molecule has 4 N–H and O–H groups in total. The van der Waals surface area contributed by atoms with Crippen molar-refractivity contribution in [3.8, 4) is 0 Å². The first-order chi connectivity index (χ1) is 12.1. The van der Waals surface area contributed by atoms with Crippen LogP contribution in [0.2, 0.25) is 0 Å². The van der Waals surface area contributed by atoms with Crippen molar-refractivity contribution in [1.82, 2.24) is 10.6 Å². The molecule has 0 heterocycles. The highest BCUT2D eigenvalue weighted by atomic mass is 35.5. The second-order valence-corrected chi connectivity index (χ2v) is 8.65. The zero-order valence-corrected chi connectivity index (χ0v) is 16.8. The molecule has 0 aromatic rings. The van der Waals surface area contributed by atoms with Gasteiger partial charge in [0.1, 0.15) is 0 Å². The fourth-order valence-corrected chi connectivity index (χ4v) is 5.06. The molecule has 2 amide bonds. The van der Waals surface area contributed by atoms with Crippen LogP contribution in [0.4, 0.5) is 0 Å². The summed E-state index contributed by atoms with van der Waals surface area (Å²) < 4.78 is 0. The molecule has 3 aliphatic rings. The lowest BCUT2D eigenvalue weighted by Gasteiger charge is -2.33. The van der Waals surface area contributed by atoms with Gasteiger partial charge in [-0.15, -0.1) is 12.4 Å². The molecule has 0 radical (unpaired) electrons. The lowest BCUT2D eigenvalue weighted by Crippen LogP contribution is -2.54. The molecule has 0 aliphatic heterocycles. The van der Waals surface area contributed by atoms with E-state index in [2.05, 4.69) is 10.6 Å². The van der Waals surface area contributed by atoms with Gasteiger partial charge in [0, 0.05) is 24.9 Å². The van der Waals surface area contributed by atoms with Crippen molar-refractivity contribution in [3.05, 3.63) is 0 Å². The topological polar surface area (TPSA) is 84.2 Å². The number of amides is 2. The summed E-state index contributed by atoms with van der Waals surface area (Å²) in [5.41, 5.74) is 5.78. The van der Waals surface area contributed by atoms with E-state index in [0.717, 1.165) is 51.4 Å². The van der Waals surface area contributed by atoms with Crippen molar-refractivity contribution < 1.29 is 9.59 Å². The summed E-state index contributed by atoms with van der Waals surface area (Å²) in [4.78, 5) is 24.8. The first-order valence-corrected chi connectivity index (χ1v) is 10.4. The Morgan fingerprint density at radius 2 is 1.54 bits per heavy atom. The SMILES string of the molecule is Cl.NCC1(NC(=O)C2CCC(NC(=O)CC3CCCC3)CC2)CCCC1. The van der Waals surface area contributed by atoms with Gasteiger partial charge in [0.05, 0.1) is 5.54 Å². The molecule has 6 heteroatoms. The Kier molecular flexibility index (Phi) is 8.21. The van der Waals surface area contributed by atoms with E-state index in [9.17, 15) is 9.59 Å². The maximum atomic E-state index is 12.6. The molecule has 0 saturated heterocycles. The Bertz CT molecular complexity index is 466. The van der Waals surface area contributed by atoms with Crippen molar-refractivity contribution in [2.24, 2.45) is 17.6 Å². The third kappa shape index (κ3) is 5.59. The van der Waals surface area contributed by atoms with Crippen molar-refractivity contribution in [3.63, 3.8) is 0 Å². The lowest BCUT2D eigenvalue weighted by atomic mass is 9.84. The third-order valence-corrected chi connectivity index (χ3v) is 6.75. The fourth-order valence-electron chi connectivity index (χ4n) is 5.06. The van der Waals surface area contributed by atoms with Crippen LogP contribution < -0.4 is 16.4 Å². The first kappa shape index (κ1) is 21.5. The number of hydrogen-bond acceptors (Lipinski definition) is 3. The van der Waals surface area contributed by atoms with Crippen LogP contribution in [0.1, 0.15) is 83.5 Å². The highest BCUT2D eigenvalue weighted by Gasteiger charge is 2.36. The van der Waals surface area contributed by atoms with E-state index in [1.807, 2.05) is 0 Å². The zero-order valence-electron chi connectivity index (χ0n) is 15.9. The summed E-state index contributed by atoms with van der Waals surface area (Å²) in [5, 5.41) is 6.47. The lowest BCUT2D eigenvalue weighted by molar-refractivity contribution is -0.128. The summed E-state index contributed by atoms with van der Waals surface area (Å²) in [5.74, 6) is 1.09. The Morgan fingerprint density at radius 3 is 2.12 bits per heavy atom. The first-order valence-electron chi connectivity index (χ1n) is 10.4. The van der Waals surface area contributed by atoms with Crippen LogP contribution >= 0.6 is 12.4 Å². The minimum atomic E-state index is -0.149. The van der Waals surface area contributed by atoms with E-state index in [1.54, 1.807) is 0 Å². The van der Waals surface area contributed by atoms with Crippen molar-refractivity contribution >= 4 is 24.2 Å². The van der Waals surface area contributed by atoms with Crippen LogP contribution in [0.25, 0.3) is 0 Å².